The molecule has 15 aliphatic rings. The first-order valence-corrected chi connectivity index (χ1v) is 43.5. The Bertz CT molecular complexity index is 5290. The van der Waals surface area contributed by atoms with Crippen molar-refractivity contribution in [2.75, 3.05) is 33.8 Å². The Morgan fingerprint density at radius 3 is 1.38 bits per heavy atom. The number of benzene rings is 6. The van der Waals surface area contributed by atoms with Crippen LogP contribution in [0.25, 0.3) is 21.5 Å². The lowest BCUT2D eigenvalue weighted by molar-refractivity contribution is -0.182. The number of carbonyl (C=O) groups is 10. The summed E-state index contributed by atoms with van der Waals surface area (Å²) in [7, 11) is 3.28. The number of carboxylic acids is 2. The van der Waals surface area contributed by atoms with Crippen molar-refractivity contribution in [3.63, 3.8) is 0 Å². The number of nitrogens with zero attached hydrogens (tertiary/aromatic N) is 6. The van der Waals surface area contributed by atoms with E-state index in [2.05, 4.69) is 63.8 Å². The largest absolute Gasteiger partial charge is 0.487 e. The number of fused-ring (bicyclic) bond motifs is 2. The van der Waals surface area contributed by atoms with Gasteiger partial charge in [0.25, 0.3) is 0 Å². The summed E-state index contributed by atoms with van der Waals surface area (Å²) in [6.07, 6.45) is 9.57. The number of nitrogens with one attached hydrogen (secondary N) is 10. The number of likely N-dealkylation sites (N-methyl/N-ethyl adjacent to an activating group) is 2. The average molecular weight is 1700 g/mol. The first-order chi connectivity index (χ1) is 59.5. The van der Waals surface area contributed by atoms with Crippen LogP contribution in [0.2, 0.25) is 0 Å². The summed E-state index contributed by atoms with van der Waals surface area (Å²) in [5.41, 5.74) is 5.60. The molecule has 20 bridgehead atoms. The molecule has 1 aromatic heterocycles. The van der Waals surface area contributed by atoms with E-state index in [4.69, 9.17) is 9.47 Å². The van der Waals surface area contributed by atoms with Crippen LogP contribution in [0.15, 0.2) is 152 Å². The smallest absolute Gasteiger partial charge is 0.326 e. The second-order valence-corrected chi connectivity index (χ2v) is 37.2. The highest BCUT2D eigenvalue weighted by Gasteiger charge is 2.65. The molecule has 8 heterocycles. The number of ether oxygens (including phenoxy) is 2. The summed E-state index contributed by atoms with van der Waals surface area (Å²) in [5.74, 6) is -6.64. The third-order valence-electron chi connectivity index (χ3n) is 28.3. The lowest BCUT2D eigenvalue weighted by atomic mass is 9.46. The molecule has 8 aliphatic carbocycles. The van der Waals surface area contributed by atoms with E-state index in [1.807, 2.05) is 84.9 Å². The van der Waals surface area contributed by atoms with Gasteiger partial charge in [-0.2, -0.15) is 0 Å². The van der Waals surface area contributed by atoms with E-state index in [0.29, 0.717) is 96.5 Å². The topological polar surface area (TPSA) is 431 Å². The first-order valence-electron chi connectivity index (χ1n) is 43.5. The predicted octanol–water partition coefficient (Wildman–Crippen LogP) is 4.06. The van der Waals surface area contributed by atoms with Crippen molar-refractivity contribution in [1.29, 1.82) is 0 Å². The van der Waals surface area contributed by atoms with Gasteiger partial charge in [0.1, 0.15) is 78.7 Å². The van der Waals surface area contributed by atoms with Crippen LogP contribution in [0.5, 0.6) is 11.5 Å². The number of amides is 8. The van der Waals surface area contributed by atoms with Gasteiger partial charge in [0, 0.05) is 68.6 Å². The van der Waals surface area contributed by atoms with Crippen LogP contribution in [0, 0.1) is 34.5 Å². The van der Waals surface area contributed by atoms with Crippen LogP contribution in [-0.4, -0.2) is 221 Å². The Morgan fingerprint density at radius 2 is 0.944 bits per heavy atom. The van der Waals surface area contributed by atoms with Crippen LogP contribution < -0.4 is 63.0 Å². The SMILES string of the molecule is CN[C@@H](C)C(=O)N[C@H](C(=O)N1C[C@@H]2C[C@H]1C(=O)N[C@@H](Cc1ccc3ccccc3c1)C(=O)N[C@H](C(=O)O)Cc1ccc(cc1)OCc1cn(nn1)[C@H]1C[C@@H](C(=O)N[C@@H](Cc3ccc4ccccc4c3)C(=O)N[C@H](C(=O)O)Cc3ccc(cc3)OCC3=CN2NN3)N(C(=O)[C@@H](NC(=O)[C@H](C)NC)C23CC4CC(CC(O)(C4)C2)C3)C1)C12CC3CC(CC(O)(C3)C1)C2. The molecule has 654 valence electrons. The number of aliphatic hydroxyl groups is 2. The molecule has 7 aliphatic heterocycles. The number of hydrazine groups is 2. The monoisotopic (exact) mass is 1690 g/mol. The standard InChI is InChI=1S/C92H110N16O16/c1-51(93-3)79(109)99-77(89-35-57-25-58(36-89)40-91(121,39-57)49-89)85(115)105-45-67-33-75(105)83(113)95-71(31-55-13-19-61-9-5-7-11-63(61)27-55)81(111)97-73(87(117)118)29-53-17-23-70(24-18-53)124-48-66-44-108(104-102-66)68-34-76(106(46-68)86(116)78(100-80(110)52(2)94-4)90-37-59-26-60(38-90)42-92(122,41-59)50-90)84(114)96-72(32-56-14-20-62-10-6-8-12-64(62)28-56)82(112)98-74(88(119)120)30-54-15-21-69(22-16-54)123-47-65-43-107(67)103-101-65/h5-24,27-28,43-44,51-52,57-60,67-68,71-78,93-94,101,103,121-122H,25-26,29-42,45-50H2,1-4H3,(H,95,113)(H,96,114)(H,97,111)(H,98,112)(H,99,109)(H,100,110)(H,117,118)(H,119,120)/t51-,52-,57?,58?,59?,60?,67-,68-,71-,72-,73-,74-,75-,76-,77+,78+,89?,90?,91?,92?/m0/s1. The van der Waals surface area contributed by atoms with Gasteiger partial charge in [0.15, 0.2) is 0 Å². The summed E-state index contributed by atoms with van der Waals surface area (Å²) >= 11 is 0. The van der Waals surface area contributed by atoms with E-state index in [-0.39, 0.29) is 101 Å². The molecule has 8 saturated carbocycles. The van der Waals surface area contributed by atoms with Crippen molar-refractivity contribution in [3.05, 3.63) is 180 Å². The quantitative estimate of drug-likeness (QED) is 0.0648. The Morgan fingerprint density at radius 1 is 0.516 bits per heavy atom. The highest BCUT2D eigenvalue weighted by atomic mass is 16.5. The zero-order valence-corrected chi connectivity index (χ0v) is 70.0. The van der Waals surface area contributed by atoms with Crippen molar-refractivity contribution in [1.82, 2.24) is 83.3 Å². The van der Waals surface area contributed by atoms with Crippen LogP contribution in [0.3, 0.4) is 0 Å². The molecular formula is C92H110N16O16. The zero-order valence-electron chi connectivity index (χ0n) is 70.0. The van der Waals surface area contributed by atoms with Crippen LogP contribution in [0.1, 0.15) is 138 Å². The fraction of sp³-hybridized carbons (Fsp3) is 0.500. The van der Waals surface area contributed by atoms with E-state index >= 15 is 28.8 Å². The van der Waals surface area contributed by atoms with Crippen molar-refractivity contribution in [2.24, 2.45) is 34.5 Å². The molecule has 32 nitrogen and oxygen atoms in total. The second kappa shape index (κ2) is 34.5. The van der Waals surface area contributed by atoms with Gasteiger partial charge in [-0.15, -0.1) is 10.6 Å². The van der Waals surface area contributed by atoms with E-state index in [9.17, 15) is 39.6 Å². The minimum Gasteiger partial charge on any atom is -0.487 e. The van der Waals surface area contributed by atoms with Crippen LogP contribution in [-0.2, 0) is 80.2 Å². The van der Waals surface area contributed by atoms with Crippen molar-refractivity contribution < 1.29 is 77.8 Å². The molecule has 14 N–H and O–H groups in total. The molecule has 8 amide bonds. The lowest BCUT2D eigenvalue weighted by Crippen LogP contribution is -2.67. The number of carboxylic acid groups (broad SMARTS) is 2. The zero-order chi connectivity index (χ0) is 86.7. The molecular weight excluding hydrogens is 1590 g/mol. The second-order valence-electron chi connectivity index (χ2n) is 37.2. The van der Waals surface area contributed by atoms with E-state index in [0.717, 1.165) is 34.4 Å². The molecule has 124 heavy (non-hydrogen) atoms. The summed E-state index contributed by atoms with van der Waals surface area (Å²) < 4.78 is 14.1. The van der Waals surface area contributed by atoms with Crippen LogP contribution >= 0.6 is 0 Å². The number of aliphatic carboxylic acids is 2. The van der Waals surface area contributed by atoms with Gasteiger partial charge in [-0.1, -0.05) is 114 Å². The molecule has 7 aromatic rings. The molecule has 2 saturated heterocycles. The molecule has 32 heteroatoms. The van der Waals surface area contributed by atoms with Crippen molar-refractivity contribution in [3.8, 4) is 11.5 Å². The highest BCUT2D eigenvalue weighted by Crippen LogP contribution is 2.65. The van der Waals surface area contributed by atoms with Gasteiger partial charge in [-0.25, -0.2) is 14.3 Å². The average Bonchev–Trinajstić information content (AvgIpc) is 0.859. The molecule has 0 radical (unpaired) electrons. The number of aromatic nitrogens is 3. The van der Waals surface area contributed by atoms with E-state index in [1.165, 1.54) is 9.80 Å². The maximum absolute atomic E-state index is 16.2. The Kier molecular flexibility index (Phi) is 23.5. The first kappa shape index (κ1) is 84.6. The minimum atomic E-state index is -1.53. The Balaban J connectivity index is 0.691. The third kappa shape index (κ3) is 17.8. The Labute approximate surface area is 717 Å². The maximum Gasteiger partial charge on any atom is 0.326 e. The summed E-state index contributed by atoms with van der Waals surface area (Å²) in [4.78, 5) is 153. The fourth-order valence-electron chi connectivity index (χ4n) is 22.9. The highest BCUT2D eigenvalue weighted by molar-refractivity contribution is 5.99. The fourth-order valence-corrected chi connectivity index (χ4v) is 22.9. The number of hydrogen-bond donors (Lipinski definition) is 14. The molecule has 10 fully saturated rings. The summed E-state index contributed by atoms with van der Waals surface area (Å²) in [6, 6.07) is 26.0. The number of hydrogen-bond acceptors (Lipinski definition) is 21. The summed E-state index contributed by atoms with van der Waals surface area (Å²) in [5, 5.41) is 84.3. The molecule has 22 rings (SSSR count). The normalized spacial score (nSPS) is 30.9. The number of rotatable bonds is 16. The molecule has 6 aromatic carbocycles. The number of likely N-dealkylation sites (tertiary alicyclic amines) is 2. The number of carbonyl (C=O) groups excluding carboxylic acids is 8. The van der Waals surface area contributed by atoms with Crippen molar-refractivity contribution in [2.45, 2.75) is 220 Å². The van der Waals surface area contributed by atoms with E-state index < -0.39 is 154 Å². The Hall–Kier alpha value is -11.6. The lowest BCUT2D eigenvalue weighted by Gasteiger charge is -2.62. The van der Waals surface area contributed by atoms with Gasteiger partial charge in [-0.3, -0.25) is 43.4 Å². The maximum atomic E-state index is 16.2. The van der Waals surface area contributed by atoms with Gasteiger partial charge in [0.05, 0.1) is 47.3 Å². The minimum absolute atomic E-state index is 0.00919. The van der Waals surface area contributed by atoms with Gasteiger partial charge in [-0.05, 0) is 197 Å². The summed E-state index contributed by atoms with van der Waals surface area (Å²) in [6.45, 7) is 2.99. The van der Waals surface area contributed by atoms with Crippen molar-refractivity contribution >= 4 is 80.7 Å². The van der Waals surface area contributed by atoms with Crippen LogP contribution in [0.4, 0.5) is 0 Å². The molecule has 0 spiro atoms. The predicted molar refractivity (Wildman–Crippen MR) is 453 cm³/mol. The molecule has 4 unspecified atom stereocenters. The third-order valence-corrected chi connectivity index (χ3v) is 28.3. The van der Waals surface area contributed by atoms with Gasteiger partial charge in [0.2, 0.25) is 47.3 Å². The van der Waals surface area contributed by atoms with Gasteiger partial charge < -0.3 is 87.7 Å². The van der Waals surface area contributed by atoms with Gasteiger partial charge >= 0.3 is 11.9 Å². The molecule has 16 atom stereocenters. The van der Waals surface area contributed by atoms with E-state index in [1.54, 1.807) is 98.6 Å².